The minimum Gasteiger partial charge on any atom is -0.507 e. The Balaban J connectivity index is 1.37. The summed E-state index contributed by atoms with van der Waals surface area (Å²) in [6.07, 6.45) is 2.74. The maximum atomic E-state index is 13.8. The Morgan fingerprint density at radius 2 is 1.74 bits per heavy atom. The van der Waals surface area contributed by atoms with Gasteiger partial charge in [-0.3, -0.25) is 24.3 Å². The van der Waals surface area contributed by atoms with Gasteiger partial charge in [-0.1, -0.05) is 30.9 Å². The molecule has 1 unspecified atom stereocenters. The van der Waals surface area contributed by atoms with Crippen LogP contribution in [0.4, 0.5) is 0 Å². The fraction of sp³-hybridized carbons (Fsp3) is 0.378. The van der Waals surface area contributed by atoms with Gasteiger partial charge in [-0.2, -0.15) is 5.26 Å². The number of hydrogen-bond donors (Lipinski definition) is 1. The summed E-state index contributed by atoms with van der Waals surface area (Å²) in [4.78, 5) is 33.4. The van der Waals surface area contributed by atoms with Crippen LogP contribution in [-0.2, 0) is 12.8 Å². The minimum atomic E-state index is -0.619. The van der Waals surface area contributed by atoms with Crippen LogP contribution < -0.4 is 14.2 Å². The first-order valence-electron chi connectivity index (χ1n) is 16.0. The number of fused-ring (bicyclic) bond motifs is 10. The predicted octanol–water partition coefficient (Wildman–Crippen LogP) is 4.68. The Morgan fingerprint density at radius 3 is 2.43 bits per heavy atom. The van der Waals surface area contributed by atoms with Crippen LogP contribution >= 0.6 is 0 Å². The van der Waals surface area contributed by atoms with E-state index < -0.39 is 12.1 Å². The number of likely N-dealkylation sites (N-methyl/N-ethyl adjacent to an activating group) is 1. The monoisotopic (exact) mass is 632 g/mol. The topological polar surface area (TPSA) is 116 Å². The quantitative estimate of drug-likeness (QED) is 0.316. The maximum absolute atomic E-state index is 13.8. The SMILES string of the molecule is C=CCOc1c(C)c2c(c3c1CC1[C@H]4c5c(cc(C)c(C)c5O)C[C@@H]([C@H](C#N)N1[C@H]3CN1C(=O)c3ccccc3C1=O)N4C)OCO2. The fourth-order valence-corrected chi connectivity index (χ4v) is 8.79. The van der Waals surface area contributed by atoms with E-state index in [9.17, 15) is 20.0 Å². The summed E-state index contributed by atoms with van der Waals surface area (Å²) in [6.45, 7) is 10.0. The number of amides is 2. The second kappa shape index (κ2) is 10.6. The molecule has 2 amide bonds. The van der Waals surface area contributed by atoms with Crippen LogP contribution in [0.3, 0.4) is 0 Å². The number of aromatic hydroxyl groups is 1. The number of imide groups is 1. The summed E-state index contributed by atoms with van der Waals surface area (Å²) in [5.74, 6) is 1.31. The molecule has 0 radical (unpaired) electrons. The van der Waals surface area contributed by atoms with Crippen molar-refractivity contribution in [1.29, 1.82) is 5.26 Å². The van der Waals surface area contributed by atoms with E-state index in [0.29, 0.717) is 41.2 Å². The van der Waals surface area contributed by atoms with Crippen molar-refractivity contribution < 1.29 is 28.9 Å². The van der Waals surface area contributed by atoms with Gasteiger partial charge in [0.25, 0.3) is 11.8 Å². The lowest BCUT2D eigenvalue weighted by Gasteiger charge is -2.60. The number of nitriles is 1. The number of phenolic OH excluding ortho intramolecular Hbond substituents is 1. The molecule has 0 saturated carbocycles. The molecule has 1 N–H and O–H groups in total. The standard InChI is InChI=1S/C37H36N4O6/c1-6-11-45-33-20(4)34-35(47-17-46-34)30-24(33)14-26-31-29-21(12-18(2)19(3)32(29)42)13-25(39(31)5)27(15-38)41(26)28(30)16-40-36(43)22-9-7-8-10-23(22)37(40)44/h6-10,12,25-28,31,42H,1,11,13-14,16-17H2,2-5H3/t25-,26?,27-,28-,31-/m0/s1. The van der Waals surface area contributed by atoms with Gasteiger partial charge in [0, 0.05) is 40.9 Å². The van der Waals surface area contributed by atoms with E-state index >= 15 is 0 Å². The van der Waals surface area contributed by atoms with Crippen LogP contribution in [0.5, 0.6) is 23.0 Å². The lowest BCUT2D eigenvalue weighted by molar-refractivity contribution is -0.0757. The first-order chi connectivity index (χ1) is 22.7. The molecule has 3 aromatic carbocycles. The van der Waals surface area contributed by atoms with Crippen molar-refractivity contribution >= 4 is 11.8 Å². The zero-order valence-corrected chi connectivity index (χ0v) is 26.9. The van der Waals surface area contributed by atoms with Crippen molar-refractivity contribution in [3.05, 3.63) is 93.1 Å². The van der Waals surface area contributed by atoms with Crippen LogP contribution in [-0.4, -0.2) is 76.7 Å². The van der Waals surface area contributed by atoms with E-state index in [2.05, 4.69) is 28.5 Å². The average molecular weight is 633 g/mol. The van der Waals surface area contributed by atoms with Crippen molar-refractivity contribution in [3.8, 4) is 29.1 Å². The fourth-order valence-electron chi connectivity index (χ4n) is 8.79. The third kappa shape index (κ3) is 3.96. The molecule has 1 fully saturated rings. The number of piperazine rings is 1. The largest absolute Gasteiger partial charge is 0.507 e. The van der Waals surface area contributed by atoms with Gasteiger partial charge in [-0.15, -0.1) is 0 Å². The number of hydrogen-bond acceptors (Lipinski definition) is 9. The number of aryl methyl sites for hydroxylation is 1. The number of carbonyl (C=O) groups is 2. The Hall–Kier alpha value is -4.85. The molecule has 3 aromatic rings. The van der Waals surface area contributed by atoms with Gasteiger partial charge in [-0.05, 0) is 69.5 Å². The highest BCUT2D eigenvalue weighted by Gasteiger charge is 2.57. The number of ether oxygens (including phenoxy) is 3. The maximum Gasteiger partial charge on any atom is 0.261 e. The van der Waals surface area contributed by atoms with Gasteiger partial charge in [0.2, 0.25) is 6.79 Å². The highest BCUT2D eigenvalue weighted by Crippen LogP contribution is 2.58. The van der Waals surface area contributed by atoms with Crippen LogP contribution in [0, 0.1) is 32.1 Å². The molecule has 10 heteroatoms. The first kappa shape index (κ1) is 29.5. The molecular formula is C37H36N4O6. The van der Waals surface area contributed by atoms with Gasteiger partial charge in [0.15, 0.2) is 11.5 Å². The van der Waals surface area contributed by atoms with E-state index in [1.165, 1.54) is 4.90 Å². The Labute approximate surface area is 273 Å². The molecule has 8 rings (SSSR count). The smallest absolute Gasteiger partial charge is 0.261 e. The van der Waals surface area contributed by atoms with Gasteiger partial charge in [0.1, 0.15) is 24.1 Å². The second-order valence-electron chi connectivity index (χ2n) is 13.2. The Bertz CT molecular complexity index is 1910. The third-order valence-electron chi connectivity index (χ3n) is 11.0. The van der Waals surface area contributed by atoms with E-state index in [0.717, 1.165) is 38.9 Å². The molecule has 0 aromatic heterocycles. The lowest BCUT2D eigenvalue weighted by atomic mass is 9.71. The average Bonchev–Trinajstić information content (AvgIpc) is 3.64. The number of carbonyl (C=O) groups excluding carboxylic acids is 2. The number of phenols is 1. The highest BCUT2D eigenvalue weighted by atomic mass is 16.7. The Kier molecular flexibility index (Phi) is 6.66. The molecule has 240 valence electrons. The summed E-state index contributed by atoms with van der Waals surface area (Å²) in [5.41, 5.74) is 6.93. The van der Waals surface area contributed by atoms with E-state index in [-0.39, 0.29) is 55.6 Å². The molecule has 0 aliphatic carbocycles. The molecule has 47 heavy (non-hydrogen) atoms. The predicted molar refractivity (Wildman–Crippen MR) is 172 cm³/mol. The third-order valence-corrected chi connectivity index (χ3v) is 11.0. The summed E-state index contributed by atoms with van der Waals surface area (Å²) in [5, 5.41) is 22.6. The number of benzene rings is 3. The molecule has 5 heterocycles. The molecule has 1 saturated heterocycles. The van der Waals surface area contributed by atoms with Gasteiger partial charge < -0.3 is 19.3 Å². The molecule has 10 nitrogen and oxygen atoms in total. The molecule has 5 aliphatic rings. The van der Waals surface area contributed by atoms with Crippen molar-refractivity contribution in [2.24, 2.45) is 0 Å². The zero-order valence-electron chi connectivity index (χ0n) is 26.9. The van der Waals surface area contributed by atoms with Crippen LogP contribution in [0.25, 0.3) is 0 Å². The van der Waals surface area contributed by atoms with Gasteiger partial charge in [-0.25, -0.2) is 0 Å². The zero-order chi connectivity index (χ0) is 32.9. The molecule has 5 atom stereocenters. The molecule has 0 spiro atoms. The van der Waals surface area contributed by atoms with E-state index in [1.54, 1.807) is 30.3 Å². The molecule has 2 bridgehead atoms. The molecule has 5 aliphatic heterocycles. The van der Waals surface area contributed by atoms with Crippen LogP contribution in [0.1, 0.15) is 71.7 Å². The summed E-state index contributed by atoms with van der Waals surface area (Å²) in [6, 6.07) is 9.64. The van der Waals surface area contributed by atoms with Crippen LogP contribution in [0.15, 0.2) is 43.0 Å². The summed E-state index contributed by atoms with van der Waals surface area (Å²) >= 11 is 0. The first-order valence-corrected chi connectivity index (χ1v) is 16.0. The Morgan fingerprint density at radius 1 is 1.04 bits per heavy atom. The lowest BCUT2D eigenvalue weighted by Crippen LogP contribution is -2.68. The van der Waals surface area contributed by atoms with Crippen molar-refractivity contribution in [2.75, 3.05) is 27.0 Å². The summed E-state index contributed by atoms with van der Waals surface area (Å²) < 4.78 is 18.5. The minimum absolute atomic E-state index is 0.00268. The molecular weight excluding hydrogens is 596 g/mol. The van der Waals surface area contributed by atoms with Gasteiger partial charge in [0.05, 0.1) is 29.3 Å². The highest BCUT2D eigenvalue weighted by molar-refractivity contribution is 6.21. The van der Waals surface area contributed by atoms with E-state index in [1.807, 2.05) is 27.8 Å². The number of nitrogens with zero attached hydrogens (tertiary/aromatic N) is 4. The van der Waals surface area contributed by atoms with Crippen molar-refractivity contribution in [3.63, 3.8) is 0 Å². The number of rotatable bonds is 5. The van der Waals surface area contributed by atoms with Crippen molar-refractivity contribution in [2.45, 2.75) is 63.8 Å². The second-order valence-corrected chi connectivity index (χ2v) is 13.2. The summed E-state index contributed by atoms with van der Waals surface area (Å²) in [7, 11) is 2.03. The normalized spacial score (nSPS) is 25.5. The van der Waals surface area contributed by atoms with Crippen LogP contribution in [0.2, 0.25) is 0 Å². The van der Waals surface area contributed by atoms with Crippen molar-refractivity contribution in [1.82, 2.24) is 14.7 Å². The van der Waals surface area contributed by atoms with Gasteiger partial charge >= 0.3 is 0 Å². The van der Waals surface area contributed by atoms with E-state index in [4.69, 9.17) is 14.2 Å².